The highest BCUT2D eigenvalue weighted by Gasteiger charge is 2.38. The summed E-state index contributed by atoms with van der Waals surface area (Å²) in [4.78, 5) is 17.4. The first-order valence-electron chi connectivity index (χ1n) is 14.9. The molecule has 0 radical (unpaired) electrons. The summed E-state index contributed by atoms with van der Waals surface area (Å²) in [6, 6.07) is 14.0. The first-order valence-corrected chi connectivity index (χ1v) is 14.9. The van der Waals surface area contributed by atoms with Crippen LogP contribution in [-0.2, 0) is 4.79 Å². The van der Waals surface area contributed by atoms with Crippen LogP contribution in [-0.4, -0.2) is 17.6 Å². The second-order valence-electron chi connectivity index (χ2n) is 10.9. The lowest BCUT2D eigenvalue weighted by Crippen LogP contribution is -2.31. The minimum absolute atomic E-state index is 0.128. The number of hydrogen-bond donors (Lipinski definition) is 0. The number of ether oxygens (including phenoxy) is 2. The quantitative estimate of drug-likeness (QED) is 0.126. The van der Waals surface area contributed by atoms with Gasteiger partial charge >= 0.3 is 5.97 Å². The Kier molecular flexibility index (Phi) is 12.6. The standard InChI is InChI=1S/C33H46N2O3/c1-3-5-7-8-9-10-11-21-33(26-34)22-19-28(20-23-33)32(36)38-29-15-13-27(14-16-29)31-18-17-30(25-35-31)37-24-12-6-4-2/h13-18,25,28H,3-12,19-24H2,1-2H3. The van der Waals surface area contributed by atoms with Gasteiger partial charge in [0.15, 0.2) is 0 Å². The average molecular weight is 519 g/mol. The highest BCUT2D eigenvalue weighted by Crippen LogP contribution is 2.43. The summed E-state index contributed by atoms with van der Waals surface area (Å²) < 4.78 is 11.5. The van der Waals surface area contributed by atoms with Gasteiger partial charge in [0.2, 0.25) is 0 Å². The molecule has 0 aliphatic heterocycles. The van der Waals surface area contributed by atoms with E-state index in [0.717, 1.165) is 62.0 Å². The van der Waals surface area contributed by atoms with Crippen LogP contribution in [0.25, 0.3) is 11.3 Å². The molecule has 0 unspecified atom stereocenters. The summed E-state index contributed by atoms with van der Waals surface area (Å²) >= 11 is 0. The normalized spacial score (nSPS) is 19.0. The molecule has 1 aromatic heterocycles. The second kappa shape index (κ2) is 16.2. The fraction of sp³-hybridized carbons (Fsp3) is 0.606. The van der Waals surface area contributed by atoms with Gasteiger partial charge in [-0.15, -0.1) is 0 Å². The minimum atomic E-state index is -0.259. The van der Waals surface area contributed by atoms with Gasteiger partial charge in [-0.1, -0.05) is 71.6 Å². The van der Waals surface area contributed by atoms with E-state index in [4.69, 9.17) is 9.47 Å². The monoisotopic (exact) mass is 518 g/mol. The number of esters is 1. The fourth-order valence-electron chi connectivity index (χ4n) is 5.32. The predicted octanol–water partition coefficient (Wildman–Crippen LogP) is 9.06. The second-order valence-corrected chi connectivity index (χ2v) is 10.9. The molecule has 0 N–H and O–H groups in total. The lowest BCUT2D eigenvalue weighted by atomic mass is 9.69. The molecule has 5 nitrogen and oxygen atoms in total. The van der Waals surface area contributed by atoms with Gasteiger partial charge in [-0.3, -0.25) is 9.78 Å². The van der Waals surface area contributed by atoms with Crippen LogP contribution in [0.1, 0.15) is 110 Å². The van der Waals surface area contributed by atoms with Crippen LogP contribution in [0.5, 0.6) is 11.5 Å². The van der Waals surface area contributed by atoms with Crippen LogP contribution >= 0.6 is 0 Å². The van der Waals surface area contributed by atoms with Crippen molar-refractivity contribution >= 4 is 5.97 Å². The van der Waals surface area contributed by atoms with Gasteiger partial charge in [0.05, 0.1) is 35.9 Å². The number of carbonyl (C=O) groups is 1. The van der Waals surface area contributed by atoms with E-state index >= 15 is 0 Å². The Bertz CT molecular complexity index is 986. The molecule has 5 heteroatoms. The molecular weight excluding hydrogens is 472 g/mol. The van der Waals surface area contributed by atoms with Gasteiger partial charge in [0.25, 0.3) is 0 Å². The Morgan fingerprint density at radius 1 is 0.895 bits per heavy atom. The van der Waals surface area contributed by atoms with Crippen LogP contribution in [0.3, 0.4) is 0 Å². The molecule has 1 saturated carbocycles. The highest BCUT2D eigenvalue weighted by molar-refractivity contribution is 5.75. The maximum absolute atomic E-state index is 12.8. The van der Waals surface area contributed by atoms with Crippen molar-refractivity contribution in [3.8, 4) is 28.8 Å². The number of nitrogens with zero attached hydrogens (tertiary/aromatic N) is 2. The number of pyridine rings is 1. The van der Waals surface area contributed by atoms with Gasteiger partial charge in [-0.2, -0.15) is 5.26 Å². The van der Waals surface area contributed by atoms with Crippen LogP contribution in [0.4, 0.5) is 0 Å². The van der Waals surface area contributed by atoms with E-state index in [1.54, 1.807) is 6.20 Å². The Labute approximate surface area is 230 Å². The van der Waals surface area contributed by atoms with Gasteiger partial charge < -0.3 is 9.47 Å². The molecule has 1 fully saturated rings. The van der Waals surface area contributed by atoms with E-state index in [1.165, 1.54) is 51.4 Å². The Balaban J connectivity index is 1.42. The third-order valence-electron chi connectivity index (χ3n) is 7.89. The van der Waals surface area contributed by atoms with E-state index < -0.39 is 0 Å². The first-order chi connectivity index (χ1) is 18.6. The number of aromatic nitrogens is 1. The molecule has 1 aliphatic carbocycles. The van der Waals surface area contributed by atoms with Gasteiger partial charge in [0.1, 0.15) is 11.5 Å². The largest absolute Gasteiger partial charge is 0.492 e. The Hall–Kier alpha value is -2.87. The fourth-order valence-corrected chi connectivity index (χ4v) is 5.32. The van der Waals surface area contributed by atoms with Crippen molar-refractivity contribution < 1.29 is 14.3 Å². The smallest absolute Gasteiger partial charge is 0.314 e. The van der Waals surface area contributed by atoms with Crippen molar-refractivity contribution in [3.63, 3.8) is 0 Å². The molecule has 3 rings (SSSR count). The zero-order chi connectivity index (χ0) is 27.1. The first kappa shape index (κ1) is 29.7. The van der Waals surface area contributed by atoms with Crippen molar-refractivity contribution in [2.45, 2.75) is 110 Å². The van der Waals surface area contributed by atoms with Gasteiger partial charge in [-0.25, -0.2) is 0 Å². The summed E-state index contributed by atoms with van der Waals surface area (Å²) in [5, 5.41) is 9.89. The summed E-state index contributed by atoms with van der Waals surface area (Å²) in [6.07, 6.45) is 18.0. The molecule has 0 bridgehead atoms. The van der Waals surface area contributed by atoms with Crippen molar-refractivity contribution in [2.24, 2.45) is 11.3 Å². The summed E-state index contributed by atoms with van der Waals surface area (Å²) in [5.74, 6) is 1.03. The Morgan fingerprint density at radius 3 is 2.16 bits per heavy atom. The molecule has 0 amide bonds. The van der Waals surface area contributed by atoms with E-state index in [9.17, 15) is 10.1 Å². The van der Waals surface area contributed by atoms with Crippen molar-refractivity contribution in [2.75, 3.05) is 6.61 Å². The number of nitriles is 1. The molecular formula is C33H46N2O3. The van der Waals surface area contributed by atoms with Crippen LogP contribution < -0.4 is 9.47 Å². The number of hydrogen-bond acceptors (Lipinski definition) is 5. The molecule has 0 saturated heterocycles. The number of carbonyl (C=O) groups excluding carboxylic acids is 1. The number of rotatable bonds is 16. The molecule has 1 heterocycles. The maximum atomic E-state index is 12.8. The maximum Gasteiger partial charge on any atom is 0.314 e. The molecule has 0 spiro atoms. The average Bonchev–Trinajstić information content (AvgIpc) is 2.96. The minimum Gasteiger partial charge on any atom is -0.492 e. The Morgan fingerprint density at radius 2 is 1.53 bits per heavy atom. The highest BCUT2D eigenvalue weighted by atomic mass is 16.5. The zero-order valence-corrected chi connectivity index (χ0v) is 23.6. The van der Waals surface area contributed by atoms with E-state index in [2.05, 4.69) is 24.9 Å². The van der Waals surface area contributed by atoms with E-state index in [-0.39, 0.29) is 17.3 Å². The lowest BCUT2D eigenvalue weighted by molar-refractivity contribution is -0.140. The summed E-state index contributed by atoms with van der Waals surface area (Å²) in [6.45, 7) is 5.13. The van der Waals surface area contributed by atoms with Crippen molar-refractivity contribution in [1.29, 1.82) is 5.26 Å². The molecule has 206 valence electrons. The number of unbranched alkanes of at least 4 members (excludes halogenated alkanes) is 8. The molecule has 2 aromatic rings. The third kappa shape index (κ3) is 9.46. The SMILES string of the molecule is CCCCCCCCCC1(C#N)CCC(C(=O)Oc2ccc(-c3ccc(OCCCCC)cn3)cc2)CC1. The van der Waals surface area contributed by atoms with Crippen molar-refractivity contribution in [3.05, 3.63) is 42.6 Å². The van der Waals surface area contributed by atoms with Gasteiger partial charge in [0, 0.05) is 5.56 Å². The molecule has 1 aromatic carbocycles. The molecule has 38 heavy (non-hydrogen) atoms. The van der Waals surface area contributed by atoms with E-state index in [0.29, 0.717) is 12.4 Å². The van der Waals surface area contributed by atoms with Gasteiger partial charge in [-0.05, 0) is 74.9 Å². The summed E-state index contributed by atoms with van der Waals surface area (Å²) in [7, 11) is 0. The predicted molar refractivity (Wildman–Crippen MR) is 153 cm³/mol. The molecule has 1 aliphatic rings. The third-order valence-corrected chi connectivity index (χ3v) is 7.89. The lowest BCUT2D eigenvalue weighted by Gasteiger charge is -2.34. The van der Waals surface area contributed by atoms with Crippen LogP contribution in [0, 0.1) is 22.7 Å². The molecule has 0 atom stereocenters. The summed E-state index contributed by atoms with van der Waals surface area (Å²) in [5.41, 5.74) is 1.55. The van der Waals surface area contributed by atoms with Crippen LogP contribution in [0.15, 0.2) is 42.6 Å². The topological polar surface area (TPSA) is 72.2 Å². The zero-order valence-electron chi connectivity index (χ0n) is 23.6. The number of benzene rings is 1. The van der Waals surface area contributed by atoms with Crippen molar-refractivity contribution in [1.82, 2.24) is 4.98 Å². The van der Waals surface area contributed by atoms with E-state index in [1.807, 2.05) is 36.4 Å². The van der Waals surface area contributed by atoms with Crippen LogP contribution in [0.2, 0.25) is 0 Å².